The molecule has 0 radical (unpaired) electrons. The molecule has 7 rings (SSSR count). The molecule has 1 aromatic heterocycles. The highest BCUT2D eigenvalue weighted by Gasteiger charge is 2.52. The summed E-state index contributed by atoms with van der Waals surface area (Å²) in [7, 11) is -2.05. The fraction of sp³-hybridized carbons (Fsp3) is 0.568. The minimum Gasteiger partial charge on any atom is -0.453 e. The number of alkyl carbamates (subject to hydrolysis) is 1. The highest BCUT2D eigenvalue weighted by Crippen LogP contribution is 2.52. The number of methoxy groups -OCH3 is 1. The predicted molar refractivity (Wildman–Crippen MR) is 219 cm³/mol. The molecule has 3 atom stereocenters. The third-order valence-electron chi connectivity index (χ3n) is 13.5. The SMILES string of the molecule is C=CC(=O)NC1CCC(S(=O)(=O)c2ccc(N3CC(CN4CCC(C(Cn5ccnc5CC)(c5cccc(F)c5)[C@H]5CCC[C@@H]5NC(=O)OC)CC4)C3)cc2)CC1. The second-order valence-corrected chi connectivity index (χ2v) is 19.0. The van der Waals surface area contributed by atoms with Gasteiger partial charge in [0.05, 0.1) is 17.3 Å². The van der Waals surface area contributed by atoms with Crippen molar-refractivity contribution >= 4 is 27.5 Å². The van der Waals surface area contributed by atoms with Gasteiger partial charge in [-0.05, 0) is 124 Å². The fourth-order valence-corrected chi connectivity index (χ4v) is 12.4. The Morgan fingerprint density at radius 3 is 2.40 bits per heavy atom. The third-order valence-corrected chi connectivity index (χ3v) is 15.8. The first-order chi connectivity index (χ1) is 27.5. The van der Waals surface area contributed by atoms with E-state index in [1.54, 1.807) is 18.2 Å². The van der Waals surface area contributed by atoms with E-state index in [1.807, 2.05) is 24.4 Å². The van der Waals surface area contributed by atoms with Crippen LogP contribution in [0.25, 0.3) is 0 Å². The molecule has 4 aliphatic rings. The molecule has 13 heteroatoms. The zero-order valence-electron chi connectivity index (χ0n) is 33.5. The lowest BCUT2D eigenvalue weighted by Crippen LogP contribution is -2.56. The Kier molecular flexibility index (Phi) is 12.7. The van der Waals surface area contributed by atoms with Gasteiger partial charge < -0.3 is 29.7 Å². The number of sulfone groups is 1. The Balaban J connectivity index is 0.995. The lowest BCUT2D eigenvalue weighted by Gasteiger charge is -2.51. The van der Waals surface area contributed by atoms with Crippen LogP contribution in [0.4, 0.5) is 14.9 Å². The van der Waals surface area contributed by atoms with Crippen LogP contribution in [0.3, 0.4) is 0 Å². The van der Waals surface area contributed by atoms with Crippen LogP contribution in [-0.2, 0) is 37.7 Å². The fourth-order valence-electron chi connectivity index (χ4n) is 10.6. The quantitative estimate of drug-likeness (QED) is 0.183. The maximum atomic E-state index is 15.2. The summed E-state index contributed by atoms with van der Waals surface area (Å²) in [5.74, 6) is 1.41. The Hall–Kier alpha value is -4.23. The van der Waals surface area contributed by atoms with Gasteiger partial charge in [0.25, 0.3) is 0 Å². The lowest BCUT2D eigenvalue weighted by atomic mass is 9.58. The number of benzene rings is 2. The number of carbonyl (C=O) groups is 2. The lowest BCUT2D eigenvalue weighted by molar-refractivity contribution is -0.117. The van der Waals surface area contributed by atoms with Crippen molar-refractivity contribution in [2.75, 3.05) is 44.7 Å². The van der Waals surface area contributed by atoms with E-state index in [-0.39, 0.29) is 35.6 Å². The number of aromatic nitrogens is 2. The maximum absolute atomic E-state index is 15.2. The molecular weight excluding hydrogens is 744 g/mol. The Morgan fingerprint density at radius 1 is 1.00 bits per heavy atom. The van der Waals surface area contributed by atoms with Gasteiger partial charge in [0.15, 0.2) is 9.84 Å². The predicted octanol–water partition coefficient (Wildman–Crippen LogP) is 6.28. The third kappa shape index (κ3) is 8.79. The number of nitrogens with zero attached hydrogens (tertiary/aromatic N) is 4. The first-order valence-electron chi connectivity index (χ1n) is 20.9. The molecule has 2 aliphatic carbocycles. The average Bonchev–Trinajstić information content (AvgIpc) is 3.88. The molecule has 2 N–H and O–H groups in total. The zero-order chi connectivity index (χ0) is 40.2. The Bertz CT molecular complexity index is 1970. The number of nitrogens with one attached hydrogen (secondary N) is 2. The molecule has 2 aromatic carbocycles. The normalized spacial score (nSPS) is 24.6. The van der Waals surface area contributed by atoms with Crippen LogP contribution >= 0.6 is 0 Å². The van der Waals surface area contributed by atoms with Gasteiger partial charge in [0.1, 0.15) is 11.6 Å². The Morgan fingerprint density at radius 2 is 1.74 bits per heavy atom. The van der Waals surface area contributed by atoms with Crippen LogP contribution in [0, 0.1) is 23.6 Å². The number of ether oxygens (including phenoxy) is 1. The number of aryl methyl sites for hydroxylation is 1. The summed E-state index contributed by atoms with van der Waals surface area (Å²) in [5, 5.41) is 5.64. The van der Waals surface area contributed by atoms with E-state index in [9.17, 15) is 18.0 Å². The van der Waals surface area contributed by atoms with Gasteiger partial charge in [-0.2, -0.15) is 0 Å². The van der Waals surface area contributed by atoms with E-state index >= 15 is 4.39 Å². The molecule has 308 valence electrons. The molecule has 11 nitrogen and oxygen atoms in total. The van der Waals surface area contributed by atoms with Crippen molar-refractivity contribution in [1.82, 2.24) is 25.1 Å². The molecule has 2 saturated carbocycles. The molecule has 2 saturated heterocycles. The van der Waals surface area contributed by atoms with Crippen LogP contribution in [0.5, 0.6) is 0 Å². The molecule has 2 aliphatic heterocycles. The summed E-state index contributed by atoms with van der Waals surface area (Å²) in [5.41, 5.74) is 1.60. The van der Waals surface area contributed by atoms with Crippen molar-refractivity contribution in [3.05, 3.63) is 90.8 Å². The van der Waals surface area contributed by atoms with Gasteiger partial charge in [0.2, 0.25) is 5.91 Å². The maximum Gasteiger partial charge on any atom is 0.407 e. The molecular formula is C44H59FN6O5S. The van der Waals surface area contributed by atoms with Gasteiger partial charge in [-0.1, -0.05) is 32.1 Å². The molecule has 57 heavy (non-hydrogen) atoms. The molecule has 4 fully saturated rings. The summed E-state index contributed by atoms with van der Waals surface area (Å²) in [4.78, 5) is 34.2. The summed E-state index contributed by atoms with van der Waals surface area (Å²) in [6.45, 7) is 11.0. The van der Waals surface area contributed by atoms with Crippen LogP contribution < -0.4 is 15.5 Å². The Labute approximate surface area is 337 Å². The number of likely N-dealkylation sites (tertiary alicyclic amines) is 1. The molecule has 0 bridgehead atoms. The smallest absolute Gasteiger partial charge is 0.407 e. The van der Waals surface area contributed by atoms with Gasteiger partial charge >= 0.3 is 6.09 Å². The van der Waals surface area contributed by atoms with Gasteiger partial charge in [-0.25, -0.2) is 22.6 Å². The van der Waals surface area contributed by atoms with Crippen LogP contribution in [0.2, 0.25) is 0 Å². The topological polar surface area (TPSA) is 126 Å². The summed E-state index contributed by atoms with van der Waals surface area (Å²) in [6, 6.07) is 14.5. The summed E-state index contributed by atoms with van der Waals surface area (Å²) >= 11 is 0. The molecule has 3 aromatic rings. The van der Waals surface area contributed by atoms with Crippen LogP contribution in [0.15, 0.2) is 78.5 Å². The second kappa shape index (κ2) is 17.7. The second-order valence-electron chi connectivity index (χ2n) is 16.7. The number of anilines is 1. The van der Waals surface area contributed by atoms with E-state index in [4.69, 9.17) is 4.74 Å². The molecule has 1 unspecified atom stereocenters. The van der Waals surface area contributed by atoms with Crippen LogP contribution in [-0.4, -0.2) is 92.0 Å². The molecule has 3 heterocycles. The number of hydrogen-bond donors (Lipinski definition) is 2. The standard InChI is InChI=1S/C44H59FN6O5S/c1-4-41-46-22-25-50(41)30-44(33-8-6-9-34(45)26-33,39-10-7-11-40(39)48-43(53)56-3)32-20-23-49(24-21-32)27-31-28-51(29-31)36-14-18-38(19-15-36)57(54,55)37-16-12-35(13-17-37)47-42(52)5-2/h5-6,8-9,14-15,18-19,22,25-26,31-32,35,37,39-40H,2,4,7,10-13,16-17,20-21,23-24,27-30H2,1,3H3,(H,47,52)(H,48,53)/t35?,37?,39-,40-,44?/m0/s1. The summed E-state index contributed by atoms with van der Waals surface area (Å²) in [6.07, 6.45) is 12.6. The van der Waals surface area contributed by atoms with Crippen molar-refractivity contribution in [2.45, 2.75) is 105 Å². The van der Waals surface area contributed by atoms with E-state index in [2.05, 4.69) is 55.8 Å². The number of piperidine rings is 1. The van der Waals surface area contributed by atoms with E-state index in [0.717, 1.165) is 88.3 Å². The number of hydrogen-bond acceptors (Lipinski definition) is 8. The molecule has 2 amide bonds. The van der Waals surface area contributed by atoms with Gasteiger partial charge in [-0.15, -0.1) is 0 Å². The number of rotatable bonds is 14. The van der Waals surface area contributed by atoms with Gasteiger partial charge in [0, 0.05) is 74.1 Å². The van der Waals surface area contributed by atoms with Crippen molar-refractivity contribution < 1.29 is 27.1 Å². The number of imidazole rings is 1. The average molecular weight is 803 g/mol. The van der Waals surface area contributed by atoms with Crippen molar-refractivity contribution in [1.29, 1.82) is 0 Å². The largest absolute Gasteiger partial charge is 0.453 e. The van der Waals surface area contributed by atoms with Crippen molar-refractivity contribution in [3.8, 4) is 0 Å². The highest BCUT2D eigenvalue weighted by atomic mass is 32.2. The zero-order valence-corrected chi connectivity index (χ0v) is 34.3. The number of amides is 2. The number of carbonyl (C=O) groups excluding carboxylic acids is 2. The van der Waals surface area contributed by atoms with E-state index < -0.39 is 26.6 Å². The van der Waals surface area contributed by atoms with Gasteiger partial charge in [-0.3, -0.25) is 4.79 Å². The summed E-state index contributed by atoms with van der Waals surface area (Å²) < 4.78 is 49.5. The monoisotopic (exact) mass is 802 g/mol. The minimum atomic E-state index is -3.45. The van der Waals surface area contributed by atoms with Crippen molar-refractivity contribution in [2.24, 2.45) is 17.8 Å². The highest BCUT2D eigenvalue weighted by molar-refractivity contribution is 7.92. The van der Waals surface area contributed by atoms with Crippen LogP contribution in [0.1, 0.15) is 76.1 Å². The van der Waals surface area contributed by atoms with E-state index in [1.165, 1.54) is 19.3 Å². The first kappa shape index (κ1) is 40.9. The molecule has 0 spiro atoms. The minimum absolute atomic E-state index is 0.00711. The van der Waals surface area contributed by atoms with Crippen molar-refractivity contribution in [3.63, 3.8) is 0 Å². The number of halogens is 1. The van der Waals surface area contributed by atoms with E-state index in [0.29, 0.717) is 43.0 Å². The first-order valence-corrected chi connectivity index (χ1v) is 22.4.